The van der Waals surface area contributed by atoms with Crippen LogP contribution in [0.2, 0.25) is 0 Å². The van der Waals surface area contributed by atoms with Crippen molar-refractivity contribution in [3.8, 4) is 17.2 Å². The van der Waals surface area contributed by atoms with Crippen LogP contribution in [0.1, 0.15) is 44.5 Å². The Bertz CT molecular complexity index is 1940. The van der Waals surface area contributed by atoms with Crippen LogP contribution in [0.5, 0.6) is 17.2 Å². The van der Waals surface area contributed by atoms with Crippen LogP contribution in [-0.4, -0.2) is 53.9 Å². The van der Waals surface area contributed by atoms with Gasteiger partial charge >= 0.3 is 10.6 Å². The van der Waals surface area contributed by atoms with Crippen LogP contribution in [0.25, 0.3) is 0 Å². The van der Waals surface area contributed by atoms with E-state index in [-0.39, 0.29) is 65.2 Å². The summed E-state index contributed by atoms with van der Waals surface area (Å²) in [6.45, 7) is 0. The van der Waals surface area contributed by atoms with Crippen molar-refractivity contribution in [2.24, 2.45) is 0 Å². The van der Waals surface area contributed by atoms with Gasteiger partial charge in [-0.2, -0.15) is 16.8 Å². The number of hydrogen-bond donors (Lipinski definition) is 5. The molecule has 0 aliphatic heterocycles. The molecule has 0 saturated carbocycles. The Morgan fingerprint density at radius 3 is 1.14 bits per heavy atom. The van der Waals surface area contributed by atoms with Crippen molar-refractivity contribution >= 4 is 30.8 Å². The lowest BCUT2D eigenvalue weighted by molar-refractivity contribution is 0.453. The summed E-state index contributed by atoms with van der Waals surface area (Å²) in [5.41, 5.74) is 2.77. The summed E-state index contributed by atoms with van der Waals surface area (Å²) in [7, 11) is -12.3. The van der Waals surface area contributed by atoms with E-state index in [0.29, 0.717) is 22.3 Å². The third kappa shape index (κ3) is 7.57. The first-order valence-electron chi connectivity index (χ1n) is 12.3. The molecule has 0 fully saturated rings. The molecule has 4 aromatic rings. The number of fused-ring (bicyclic) bond motifs is 8. The van der Waals surface area contributed by atoms with Gasteiger partial charge in [-0.1, -0.05) is 42.5 Å². The lowest BCUT2D eigenvalue weighted by Gasteiger charge is -2.17. The molecule has 0 aromatic heterocycles. The van der Waals surface area contributed by atoms with Gasteiger partial charge in [0.15, 0.2) is 0 Å². The first-order chi connectivity index (χ1) is 20.0. The number of para-hydroxylation sites is 1. The van der Waals surface area contributed by atoms with Crippen LogP contribution < -0.4 is 0 Å². The smallest absolute Gasteiger partial charge is 0.425 e. The highest BCUT2D eigenvalue weighted by Crippen LogP contribution is 2.37. The second kappa shape index (κ2) is 12.1. The van der Waals surface area contributed by atoms with Gasteiger partial charge in [0, 0.05) is 36.8 Å². The second-order valence-corrected chi connectivity index (χ2v) is 13.0. The van der Waals surface area contributed by atoms with Crippen LogP contribution in [0, 0.1) is 0 Å². The van der Waals surface area contributed by atoms with Gasteiger partial charge in [-0.15, -0.1) is 12.6 Å². The molecule has 0 atom stereocenters. The fourth-order valence-corrected chi connectivity index (χ4v) is 6.09. The van der Waals surface area contributed by atoms with E-state index in [1.165, 1.54) is 12.1 Å². The maximum Gasteiger partial charge on any atom is 0.425 e. The molecular weight excluding hydrogens is 624 g/mol. The molecule has 4 aromatic carbocycles. The van der Waals surface area contributed by atoms with Crippen molar-refractivity contribution in [1.82, 2.24) is 0 Å². The third-order valence-electron chi connectivity index (χ3n) is 6.82. The first-order valence-corrected chi connectivity index (χ1v) is 16.2. The summed E-state index contributed by atoms with van der Waals surface area (Å²) >= 11 is 0. The summed E-state index contributed by atoms with van der Waals surface area (Å²) in [6, 6.07) is 16.4. The van der Waals surface area contributed by atoms with E-state index in [1.54, 1.807) is 42.5 Å². The lowest BCUT2D eigenvalue weighted by atomic mass is 9.92. The molecule has 5 N–H and O–H groups in total. The van der Waals surface area contributed by atoms with Crippen LogP contribution in [-0.2, 0) is 56.5 Å². The predicted octanol–water partition coefficient (Wildman–Crippen LogP) is 2.97. The van der Waals surface area contributed by atoms with Crippen molar-refractivity contribution in [3.05, 3.63) is 111 Å². The maximum atomic E-state index is 12.0. The van der Waals surface area contributed by atoms with Gasteiger partial charge in [0.2, 0.25) is 0 Å². The van der Waals surface area contributed by atoms with E-state index in [1.807, 2.05) is 0 Å². The van der Waals surface area contributed by atoms with Gasteiger partial charge in [0.05, 0.1) is 9.79 Å². The van der Waals surface area contributed by atoms with Crippen molar-refractivity contribution < 1.29 is 53.9 Å². The zero-order chi connectivity index (χ0) is 31.7. The fourth-order valence-electron chi connectivity index (χ4n) is 4.92. The minimum absolute atomic E-state index is 0.0876. The molecule has 0 unspecified atom stereocenters. The van der Waals surface area contributed by atoms with Gasteiger partial charge in [-0.3, -0.25) is 9.11 Å². The minimum atomic E-state index is -4.60. The Kier molecular flexibility index (Phi) is 8.94. The van der Waals surface area contributed by atoms with Crippen LogP contribution in [0.15, 0.2) is 76.5 Å². The number of benzene rings is 4. The number of hydrogen-bond acceptors (Lipinski definition) is 10. The molecular formula is C28H24O12S3. The summed E-state index contributed by atoms with van der Waals surface area (Å²) in [4.78, 5) is -0.785. The maximum absolute atomic E-state index is 12.0. The second-order valence-electron chi connectivity index (χ2n) is 9.79. The summed E-state index contributed by atoms with van der Waals surface area (Å²) in [5, 5.41) is 33.2. The highest BCUT2D eigenvalue weighted by molar-refractivity contribution is 7.86. The third-order valence-corrected chi connectivity index (χ3v) is 8.49. The van der Waals surface area contributed by atoms with E-state index in [9.17, 15) is 41.3 Å². The van der Waals surface area contributed by atoms with E-state index in [0.717, 1.165) is 12.1 Å². The Balaban J connectivity index is 0.000000996. The van der Waals surface area contributed by atoms with Gasteiger partial charge in [-0.25, -0.2) is 0 Å². The minimum Gasteiger partial charge on any atom is -0.507 e. The highest BCUT2D eigenvalue weighted by atomic mass is 32.2. The highest BCUT2D eigenvalue weighted by Gasteiger charge is 2.22. The van der Waals surface area contributed by atoms with E-state index >= 15 is 0 Å². The normalized spacial score (nSPS) is 13.0. The Hall–Kier alpha value is -4.28. The molecule has 0 heterocycles. The van der Waals surface area contributed by atoms with Gasteiger partial charge < -0.3 is 15.3 Å². The Labute approximate surface area is 248 Å². The number of aromatic hydroxyl groups is 3. The topological polar surface area (TPSA) is 221 Å². The van der Waals surface area contributed by atoms with Crippen LogP contribution in [0.3, 0.4) is 0 Å². The molecule has 5 rings (SSSR count). The van der Waals surface area contributed by atoms with Gasteiger partial charge in [-0.05, 0) is 57.6 Å². The van der Waals surface area contributed by atoms with Gasteiger partial charge in [0.1, 0.15) is 17.2 Å². The first kappa shape index (κ1) is 31.7. The quantitative estimate of drug-likeness (QED) is 0.174. The molecule has 1 aliphatic rings. The molecule has 15 heteroatoms. The Morgan fingerprint density at radius 1 is 0.488 bits per heavy atom. The summed E-state index contributed by atoms with van der Waals surface area (Å²) in [6.07, 6.45) is -0.0108. The van der Waals surface area contributed by atoms with Crippen molar-refractivity contribution in [2.75, 3.05) is 0 Å². The van der Waals surface area contributed by atoms with Crippen LogP contribution >= 0.6 is 0 Å². The molecule has 0 spiro atoms. The summed E-state index contributed by atoms with van der Waals surface area (Å²) < 4.78 is 93.0. The van der Waals surface area contributed by atoms with Crippen molar-refractivity contribution in [3.63, 3.8) is 0 Å². The molecule has 43 heavy (non-hydrogen) atoms. The average molecular weight is 649 g/mol. The fraction of sp³-hybridized carbons (Fsp3) is 0.143. The average Bonchev–Trinajstić information content (AvgIpc) is 2.89. The zero-order valence-corrected chi connectivity index (χ0v) is 24.4. The monoisotopic (exact) mass is 648 g/mol. The van der Waals surface area contributed by atoms with Gasteiger partial charge in [0.25, 0.3) is 20.2 Å². The molecule has 8 bridgehead atoms. The molecule has 0 radical (unpaired) electrons. The molecule has 12 nitrogen and oxygen atoms in total. The standard InChI is InChI=1S/C28H24O9S2.O3S/c29-26-18-5-2-6-19(26)11-23-15-25(39(35,36)37)13-21(28(23)31)9-17-4-1-3-16(7-17)8-20-12-24(38(32,33)34)14-22(10-18)27(20)30;1-4(2)3/h1-7,12-15,29-31H,8-11H2,(H,32,33,34)(H,35,36,37);. The lowest BCUT2D eigenvalue weighted by Crippen LogP contribution is -2.05. The zero-order valence-electron chi connectivity index (χ0n) is 22.0. The Morgan fingerprint density at radius 2 is 0.791 bits per heavy atom. The number of phenols is 3. The van der Waals surface area contributed by atoms with E-state index < -0.39 is 40.6 Å². The van der Waals surface area contributed by atoms with Crippen LogP contribution in [0.4, 0.5) is 0 Å². The molecule has 226 valence electrons. The number of rotatable bonds is 2. The van der Waals surface area contributed by atoms with Crippen molar-refractivity contribution in [2.45, 2.75) is 35.5 Å². The molecule has 0 saturated heterocycles. The predicted molar refractivity (Wildman–Crippen MR) is 151 cm³/mol. The summed E-state index contributed by atoms with van der Waals surface area (Å²) in [5.74, 6) is -0.554. The molecule has 1 aliphatic carbocycles. The van der Waals surface area contributed by atoms with E-state index in [4.69, 9.17) is 12.6 Å². The van der Waals surface area contributed by atoms with E-state index in [2.05, 4.69) is 0 Å². The van der Waals surface area contributed by atoms with Crippen molar-refractivity contribution in [1.29, 1.82) is 0 Å². The largest absolute Gasteiger partial charge is 0.507 e. The number of phenolic OH excluding ortho intramolecular Hbond substituents is 3. The SMILES string of the molecule is O=S(=O)(O)c1cc2c(O)c(c1)Cc1cccc(c1O)Cc1cc(S(=O)(=O)O)cc(c1O)Cc1cccc(c1)C2.O=S(=O)=O. The molecule has 0 amide bonds.